The first-order valence-electron chi connectivity index (χ1n) is 6.13. The maximum atomic E-state index is 13.3. The molecule has 0 spiro atoms. The molecule has 2 rings (SSSR count). The van der Waals surface area contributed by atoms with Gasteiger partial charge < -0.3 is 5.32 Å². The van der Waals surface area contributed by atoms with E-state index in [0.29, 0.717) is 26.4 Å². The summed E-state index contributed by atoms with van der Waals surface area (Å²) in [5.74, 6) is 0.862. The Kier molecular flexibility index (Phi) is 4.90. The Balaban J connectivity index is 2.43. The van der Waals surface area contributed by atoms with Gasteiger partial charge in [0, 0.05) is 16.0 Å². The zero-order chi connectivity index (χ0) is 15.8. The predicted octanol–water partition coefficient (Wildman–Crippen LogP) is 5.84. The normalized spacial score (nSPS) is 11.6. The van der Waals surface area contributed by atoms with Crippen molar-refractivity contribution in [3.05, 3.63) is 43.9 Å². The lowest BCUT2D eigenvalue weighted by atomic mass is 9.96. The molecule has 1 N–H and O–H groups in total. The van der Waals surface area contributed by atoms with Crippen molar-refractivity contribution in [1.29, 1.82) is 0 Å². The molecule has 7 heteroatoms. The highest BCUT2D eigenvalue weighted by atomic mass is 79.9. The average Bonchev–Trinajstić information content (AvgIpc) is 2.32. The van der Waals surface area contributed by atoms with Gasteiger partial charge in [0.05, 0.1) is 10.7 Å². The van der Waals surface area contributed by atoms with E-state index in [0.717, 1.165) is 0 Å². The second-order valence-corrected chi connectivity index (χ2v) is 7.59. The van der Waals surface area contributed by atoms with Crippen molar-refractivity contribution in [3.8, 4) is 0 Å². The summed E-state index contributed by atoms with van der Waals surface area (Å²) in [5.41, 5.74) is 0.368. The Morgan fingerprint density at radius 3 is 2.38 bits per heavy atom. The maximum absolute atomic E-state index is 13.3. The summed E-state index contributed by atoms with van der Waals surface area (Å²) in [6.07, 6.45) is 0. The zero-order valence-corrected chi connectivity index (χ0v) is 15.6. The Labute approximate surface area is 144 Å². The number of rotatable bonds is 2. The van der Waals surface area contributed by atoms with Gasteiger partial charge in [-0.2, -0.15) is 0 Å². The number of hydrogen-bond acceptors (Lipinski definition) is 3. The summed E-state index contributed by atoms with van der Waals surface area (Å²) in [6.45, 7) is 6.08. The van der Waals surface area contributed by atoms with E-state index in [2.05, 4.69) is 47.1 Å². The summed E-state index contributed by atoms with van der Waals surface area (Å²) >= 11 is 12.7. The molecule has 0 fully saturated rings. The summed E-state index contributed by atoms with van der Waals surface area (Å²) < 4.78 is 14.4. The van der Waals surface area contributed by atoms with E-state index in [1.54, 1.807) is 6.07 Å². The van der Waals surface area contributed by atoms with Gasteiger partial charge in [-0.1, -0.05) is 32.4 Å². The van der Waals surface area contributed by atoms with Crippen LogP contribution in [0.5, 0.6) is 0 Å². The Morgan fingerprint density at radius 1 is 1.14 bits per heavy atom. The predicted molar refractivity (Wildman–Crippen MR) is 90.8 cm³/mol. The molecule has 0 bridgehead atoms. The lowest BCUT2D eigenvalue weighted by Crippen LogP contribution is -2.17. The lowest BCUT2D eigenvalue weighted by Gasteiger charge is -2.18. The second kappa shape index (κ2) is 6.18. The van der Waals surface area contributed by atoms with Crippen molar-refractivity contribution < 1.29 is 4.39 Å². The van der Waals surface area contributed by atoms with Crippen LogP contribution in [0, 0.1) is 5.82 Å². The standard InChI is InChI=1S/C14H13Br2ClFN3/c1-14(2,3)13-19-10(16)6-11(21-13)20-12-8(15)4-7(18)5-9(12)17/h4-6H,1-3H3,(H,19,20,21). The zero-order valence-electron chi connectivity index (χ0n) is 11.6. The van der Waals surface area contributed by atoms with E-state index < -0.39 is 5.82 Å². The first-order chi connectivity index (χ1) is 9.66. The highest BCUT2D eigenvalue weighted by molar-refractivity contribution is 9.10. The molecule has 2 aromatic rings. The van der Waals surface area contributed by atoms with Crippen molar-refractivity contribution in [2.75, 3.05) is 5.32 Å². The molecule has 0 radical (unpaired) electrons. The van der Waals surface area contributed by atoms with E-state index >= 15 is 0 Å². The molecule has 0 aliphatic carbocycles. The summed E-state index contributed by atoms with van der Waals surface area (Å²) in [4.78, 5) is 8.85. The Hall–Kier alpha value is -0.720. The second-order valence-electron chi connectivity index (χ2n) is 5.52. The van der Waals surface area contributed by atoms with Crippen LogP contribution in [-0.2, 0) is 5.41 Å². The van der Waals surface area contributed by atoms with Gasteiger partial charge in [0.25, 0.3) is 0 Å². The van der Waals surface area contributed by atoms with Gasteiger partial charge in [-0.15, -0.1) is 0 Å². The van der Waals surface area contributed by atoms with Gasteiger partial charge >= 0.3 is 0 Å². The van der Waals surface area contributed by atoms with E-state index in [1.165, 1.54) is 12.1 Å². The fourth-order valence-electron chi connectivity index (χ4n) is 1.61. The van der Waals surface area contributed by atoms with E-state index in [9.17, 15) is 4.39 Å². The lowest BCUT2D eigenvalue weighted by molar-refractivity contribution is 0.544. The molecular formula is C14H13Br2ClFN3. The average molecular weight is 438 g/mol. The van der Waals surface area contributed by atoms with Gasteiger partial charge in [0.1, 0.15) is 22.1 Å². The van der Waals surface area contributed by atoms with Gasteiger partial charge in [0.15, 0.2) is 0 Å². The highest BCUT2D eigenvalue weighted by Gasteiger charge is 2.19. The fourth-order valence-corrected chi connectivity index (χ4v) is 2.89. The van der Waals surface area contributed by atoms with Crippen molar-refractivity contribution in [2.45, 2.75) is 26.2 Å². The van der Waals surface area contributed by atoms with Crippen LogP contribution in [0.15, 0.2) is 27.3 Å². The van der Waals surface area contributed by atoms with Gasteiger partial charge in [-0.3, -0.25) is 0 Å². The molecule has 0 aliphatic rings. The minimum Gasteiger partial charge on any atom is -0.338 e. The molecule has 0 unspecified atom stereocenters. The molecule has 0 saturated heterocycles. The summed E-state index contributed by atoms with van der Waals surface area (Å²) in [7, 11) is 0. The van der Waals surface area contributed by atoms with Crippen LogP contribution in [0.25, 0.3) is 0 Å². The van der Waals surface area contributed by atoms with Crippen LogP contribution >= 0.6 is 43.5 Å². The molecule has 1 aromatic heterocycles. The van der Waals surface area contributed by atoms with Gasteiger partial charge in [-0.05, 0) is 44.0 Å². The van der Waals surface area contributed by atoms with E-state index in [-0.39, 0.29) is 10.4 Å². The van der Waals surface area contributed by atoms with Crippen LogP contribution in [0.3, 0.4) is 0 Å². The third-order valence-corrected chi connectivity index (χ3v) is 3.96. The summed E-state index contributed by atoms with van der Waals surface area (Å²) in [6, 6.07) is 4.33. The highest BCUT2D eigenvalue weighted by Crippen LogP contribution is 2.34. The maximum Gasteiger partial charge on any atom is 0.137 e. The van der Waals surface area contributed by atoms with Crippen LogP contribution in [-0.4, -0.2) is 9.97 Å². The Bertz CT molecular complexity index is 663. The van der Waals surface area contributed by atoms with Crippen molar-refractivity contribution in [1.82, 2.24) is 9.97 Å². The molecule has 0 aliphatic heterocycles. The molecule has 3 nitrogen and oxygen atoms in total. The van der Waals surface area contributed by atoms with Crippen molar-refractivity contribution in [2.24, 2.45) is 0 Å². The first kappa shape index (κ1) is 16.6. The third-order valence-electron chi connectivity index (χ3n) is 2.63. The molecule has 1 heterocycles. The quantitative estimate of drug-likeness (QED) is 0.600. The number of anilines is 2. The van der Waals surface area contributed by atoms with Crippen LogP contribution in [0.2, 0.25) is 5.02 Å². The minimum atomic E-state index is -0.406. The number of nitrogens with one attached hydrogen (secondary N) is 1. The van der Waals surface area contributed by atoms with Crippen LogP contribution in [0.1, 0.15) is 26.6 Å². The number of benzene rings is 1. The molecule has 112 valence electrons. The molecule has 0 amide bonds. The minimum absolute atomic E-state index is 0.190. The van der Waals surface area contributed by atoms with E-state index in [4.69, 9.17) is 11.6 Å². The topological polar surface area (TPSA) is 37.8 Å². The third kappa shape index (κ3) is 4.14. The Morgan fingerprint density at radius 2 is 1.81 bits per heavy atom. The number of nitrogens with zero attached hydrogens (tertiary/aromatic N) is 2. The molecular weight excluding hydrogens is 424 g/mol. The smallest absolute Gasteiger partial charge is 0.137 e. The number of hydrogen-bond donors (Lipinski definition) is 1. The molecule has 0 atom stereocenters. The van der Waals surface area contributed by atoms with Crippen molar-refractivity contribution in [3.63, 3.8) is 0 Å². The number of halogens is 4. The van der Waals surface area contributed by atoms with Crippen LogP contribution in [0.4, 0.5) is 15.9 Å². The number of aromatic nitrogens is 2. The van der Waals surface area contributed by atoms with Gasteiger partial charge in [0.2, 0.25) is 0 Å². The summed E-state index contributed by atoms with van der Waals surface area (Å²) in [5, 5.41) is 3.37. The van der Waals surface area contributed by atoms with E-state index in [1.807, 2.05) is 20.8 Å². The fraction of sp³-hybridized carbons (Fsp3) is 0.286. The largest absolute Gasteiger partial charge is 0.338 e. The van der Waals surface area contributed by atoms with Crippen molar-refractivity contribution >= 4 is 55.0 Å². The molecule has 0 saturated carbocycles. The first-order valence-corrected chi connectivity index (χ1v) is 8.10. The van der Waals surface area contributed by atoms with Gasteiger partial charge in [-0.25, -0.2) is 14.4 Å². The molecule has 1 aromatic carbocycles. The molecule has 21 heavy (non-hydrogen) atoms. The SMILES string of the molecule is CC(C)(C)c1nc(Br)cc(Nc2c(Cl)cc(F)cc2Br)n1. The monoisotopic (exact) mass is 435 g/mol. The van der Waals surface area contributed by atoms with Crippen LogP contribution < -0.4 is 5.32 Å².